The summed E-state index contributed by atoms with van der Waals surface area (Å²) in [6.45, 7) is 4.84. The van der Waals surface area contributed by atoms with Crippen LogP contribution in [-0.2, 0) is 6.54 Å². The largest absolute Gasteiger partial charge is 0.365 e. The van der Waals surface area contributed by atoms with Crippen molar-refractivity contribution in [1.82, 2.24) is 4.98 Å². The van der Waals surface area contributed by atoms with Crippen LogP contribution in [0.2, 0.25) is 4.34 Å². The third kappa shape index (κ3) is 2.97. The molecule has 0 aliphatic heterocycles. The first kappa shape index (κ1) is 11.4. The summed E-state index contributed by atoms with van der Waals surface area (Å²) in [4.78, 5) is 5.63. The lowest BCUT2D eigenvalue weighted by molar-refractivity contribution is 1.10. The molecule has 2 rings (SSSR count). The Labute approximate surface area is 104 Å². The van der Waals surface area contributed by atoms with E-state index >= 15 is 0 Å². The number of anilines is 1. The number of aryl methyl sites for hydroxylation is 2. The lowest BCUT2D eigenvalue weighted by Crippen LogP contribution is -2.00. The van der Waals surface area contributed by atoms with E-state index < -0.39 is 0 Å². The zero-order valence-electron chi connectivity index (χ0n) is 9.25. The van der Waals surface area contributed by atoms with Crippen LogP contribution in [-0.4, -0.2) is 4.98 Å². The van der Waals surface area contributed by atoms with Crippen molar-refractivity contribution in [1.29, 1.82) is 0 Å². The molecule has 16 heavy (non-hydrogen) atoms. The first-order chi connectivity index (χ1) is 7.63. The molecule has 0 atom stereocenters. The lowest BCUT2D eigenvalue weighted by Gasteiger charge is -2.06. The van der Waals surface area contributed by atoms with E-state index in [0.717, 1.165) is 22.4 Å². The molecule has 0 spiro atoms. The molecule has 0 aliphatic carbocycles. The summed E-state index contributed by atoms with van der Waals surface area (Å²) >= 11 is 7.46. The minimum absolute atomic E-state index is 0.771. The van der Waals surface area contributed by atoms with E-state index in [1.54, 1.807) is 11.3 Å². The number of hydrogen-bond donors (Lipinski definition) is 1. The standard InChI is InChI=1S/C12H13ClN2S/c1-8-5-9(2)15-12(6-8)14-7-10-3-4-11(13)16-10/h3-6H,7H2,1-2H3,(H,14,15). The molecular formula is C12H13ClN2S. The van der Waals surface area contributed by atoms with Crippen LogP contribution < -0.4 is 5.32 Å². The summed E-state index contributed by atoms with van der Waals surface area (Å²) in [5, 5.41) is 3.30. The predicted molar refractivity (Wildman–Crippen MR) is 70.4 cm³/mol. The van der Waals surface area contributed by atoms with Gasteiger partial charge < -0.3 is 5.32 Å². The van der Waals surface area contributed by atoms with Gasteiger partial charge in [-0.15, -0.1) is 11.3 Å². The monoisotopic (exact) mass is 252 g/mol. The Morgan fingerprint density at radius 1 is 1.31 bits per heavy atom. The van der Waals surface area contributed by atoms with E-state index in [9.17, 15) is 0 Å². The maximum absolute atomic E-state index is 5.87. The second kappa shape index (κ2) is 4.85. The van der Waals surface area contributed by atoms with Crippen LogP contribution >= 0.6 is 22.9 Å². The highest BCUT2D eigenvalue weighted by Crippen LogP contribution is 2.22. The number of hydrogen-bond acceptors (Lipinski definition) is 3. The van der Waals surface area contributed by atoms with Crippen LogP contribution in [0.3, 0.4) is 0 Å². The highest BCUT2D eigenvalue weighted by atomic mass is 35.5. The molecule has 1 N–H and O–H groups in total. The lowest BCUT2D eigenvalue weighted by atomic mass is 10.2. The van der Waals surface area contributed by atoms with Gasteiger partial charge in [0.15, 0.2) is 0 Å². The van der Waals surface area contributed by atoms with E-state index in [1.165, 1.54) is 10.4 Å². The Balaban J connectivity index is 2.04. The maximum Gasteiger partial charge on any atom is 0.126 e. The van der Waals surface area contributed by atoms with Crippen molar-refractivity contribution in [3.63, 3.8) is 0 Å². The molecule has 0 unspecified atom stereocenters. The third-order valence-electron chi connectivity index (χ3n) is 2.17. The number of thiophene rings is 1. The van der Waals surface area contributed by atoms with Crippen molar-refractivity contribution in [3.05, 3.63) is 44.7 Å². The number of aromatic nitrogens is 1. The van der Waals surface area contributed by atoms with Crippen molar-refractivity contribution in [3.8, 4) is 0 Å². The van der Waals surface area contributed by atoms with Crippen LogP contribution in [0.15, 0.2) is 24.3 Å². The molecule has 0 amide bonds. The topological polar surface area (TPSA) is 24.9 Å². The van der Waals surface area contributed by atoms with Crippen molar-refractivity contribution in [2.45, 2.75) is 20.4 Å². The van der Waals surface area contributed by atoms with Gasteiger partial charge in [0.1, 0.15) is 5.82 Å². The van der Waals surface area contributed by atoms with Gasteiger partial charge in [-0.25, -0.2) is 4.98 Å². The summed E-state index contributed by atoms with van der Waals surface area (Å²) in [6.07, 6.45) is 0. The molecule has 0 aliphatic rings. The van der Waals surface area contributed by atoms with Gasteiger partial charge in [-0.3, -0.25) is 0 Å². The fourth-order valence-electron chi connectivity index (χ4n) is 1.56. The Bertz CT molecular complexity index is 473. The molecule has 84 valence electrons. The van der Waals surface area contributed by atoms with Gasteiger partial charge in [0, 0.05) is 10.6 Å². The quantitative estimate of drug-likeness (QED) is 0.892. The predicted octanol–water partition coefficient (Wildman–Crippen LogP) is 4.03. The molecule has 0 aromatic carbocycles. The van der Waals surface area contributed by atoms with Gasteiger partial charge in [-0.05, 0) is 43.7 Å². The van der Waals surface area contributed by atoms with Gasteiger partial charge in [-0.2, -0.15) is 0 Å². The molecule has 2 aromatic heterocycles. The van der Waals surface area contributed by atoms with Crippen LogP contribution in [0.5, 0.6) is 0 Å². The molecule has 0 bridgehead atoms. The highest BCUT2D eigenvalue weighted by molar-refractivity contribution is 7.16. The second-order valence-electron chi connectivity index (χ2n) is 3.73. The minimum Gasteiger partial charge on any atom is -0.365 e. The number of nitrogens with one attached hydrogen (secondary N) is 1. The zero-order chi connectivity index (χ0) is 11.5. The normalized spacial score (nSPS) is 10.4. The van der Waals surface area contributed by atoms with Gasteiger partial charge in [0.25, 0.3) is 0 Å². The molecule has 2 nitrogen and oxygen atoms in total. The summed E-state index contributed by atoms with van der Waals surface area (Å²) in [6, 6.07) is 8.05. The molecule has 0 radical (unpaired) electrons. The Morgan fingerprint density at radius 3 is 2.75 bits per heavy atom. The number of nitrogens with zero attached hydrogens (tertiary/aromatic N) is 1. The van der Waals surface area contributed by atoms with E-state index in [-0.39, 0.29) is 0 Å². The van der Waals surface area contributed by atoms with E-state index in [1.807, 2.05) is 25.1 Å². The summed E-state index contributed by atoms with van der Waals surface area (Å²) < 4.78 is 0.824. The van der Waals surface area contributed by atoms with Crippen LogP contribution in [0, 0.1) is 13.8 Å². The Kier molecular flexibility index (Phi) is 3.46. The van der Waals surface area contributed by atoms with E-state index in [0.29, 0.717) is 0 Å². The van der Waals surface area contributed by atoms with Gasteiger partial charge in [0.05, 0.1) is 10.9 Å². The SMILES string of the molecule is Cc1cc(C)nc(NCc2ccc(Cl)s2)c1. The molecule has 4 heteroatoms. The minimum atomic E-state index is 0.771. The maximum atomic E-state index is 5.87. The first-order valence-electron chi connectivity index (χ1n) is 5.07. The highest BCUT2D eigenvalue weighted by Gasteiger charge is 2.00. The smallest absolute Gasteiger partial charge is 0.126 e. The first-order valence-corrected chi connectivity index (χ1v) is 6.26. The van der Waals surface area contributed by atoms with Crippen molar-refractivity contribution >= 4 is 28.8 Å². The Hall–Kier alpha value is -1.06. The number of pyridine rings is 1. The van der Waals surface area contributed by atoms with E-state index in [2.05, 4.69) is 23.3 Å². The Morgan fingerprint density at radius 2 is 2.12 bits per heavy atom. The molecule has 0 saturated heterocycles. The summed E-state index contributed by atoms with van der Waals surface area (Å²) in [5.74, 6) is 0.919. The van der Waals surface area contributed by atoms with Crippen LogP contribution in [0.4, 0.5) is 5.82 Å². The number of rotatable bonds is 3. The molecule has 0 fully saturated rings. The summed E-state index contributed by atoms with van der Waals surface area (Å²) in [7, 11) is 0. The van der Waals surface area contributed by atoms with Crippen molar-refractivity contribution in [2.75, 3.05) is 5.32 Å². The van der Waals surface area contributed by atoms with Crippen molar-refractivity contribution < 1.29 is 0 Å². The molecule has 2 aromatic rings. The fourth-order valence-corrected chi connectivity index (χ4v) is 2.58. The fraction of sp³-hybridized carbons (Fsp3) is 0.250. The van der Waals surface area contributed by atoms with Gasteiger partial charge >= 0.3 is 0 Å². The van der Waals surface area contributed by atoms with Crippen molar-refractivity contribution in [2.24, 2.45) is 0 Å². The van der Waals surface area contributed by atoms with Crippen LogP contribution in [0.25, 0.3) is 0 Å². The van der Waals surface area contributed by atoms with E-state index in [4.69, 9.17) is 11.6 Å². The molecular weight excluding hydrogens is 240 g/mol. The second-order valence-corrected chi connectivity index (χ2v) is 5.53. The summed E-state index contributed by atoms with van der Waals surface area (Å²) in [5.41, 5.74) is 2.26. The van der Waals surface area contributed by atoms with Gasteiger partial charge in [-0.1, -0.05) is 11.6 Å². The molecule has 0 saturated carbocycles. The third-order valence-corrected chi connectivity index (χ3v) is 3.40. The zero-order valence-corrected chi connectivity index (χ0v) is 10.8. The average Bonchev–Trinajstić information content (AvgIpc) is 2.60. The van der Waals surface area contributed by atoms with Crippen LogP contribution in [0.1, 0.15) is 16.1 Å². The number of halogens is 1. The van der Waals surface area contributed by atoms with Gasteiger partial charge in [0.2, 0.25) is 0 Å². The average molecular weight is 253 g/mol. The molecule has 2 heterocycles.